The molecular weight excluding hydrogens is 394 g/mol. The number of aromatic nitrogens is 4. The van der Waals surface area contributed by atoms with E-state index in [2.05, 4.69) is 20.7 Å². The topological polar surface area (TPSA) is 107 Å². The molecule has 3 rings (SSSR count). The summed E-state index contributed by atoms with van der Waals surface area (Å²) < 4.78 is 18.7. The van der Waals surface area contributed by atoms with Crippen molar-refractivity contribution < 1.29 is 18.8 Å². The van der Waals surface area contributed by atoms with Crippen molar-refractivity contribution in [1.29, 1.82) is 0 Å². The Morgan fingerprint density at radius 1 is 1.34 bits per heavy atom. The van der Waals surface area contributed by atoms with Crippen LogP contribution in [0, 0.1) is 18.6 Å². The van der Waals surface area contributed by atoms with Crippen molar-refractivity contribution in [1.82, 2.24) is 25.2 Å². The summed E-state index contributed by atoms with van der Waals surface area (Å²) in [6.45, 7) is 4.42. The Labute approximate surface area is 173 Å². The smallest absolute Gasteiger partial charge is 0.251 e. The highest BCUT2D eigenvalue weighted by atomic mass is 32.1. The van der Waals surface area contributed by atoms with Crippen molar-refractivity contribution in [3.8, 4) is 11.5 Å². The minimum Gasteiger partial charge on any atom is -0.493 e. The number of hydrogen-bond acceptors (Lipinski definition) is 7. The average Bonchev–Trinajstić information content (AvgIpc) is 3.21. The van der Waals surface area contributed by atoms with Crippen LogP contribution in [0.15, 0.2) is 22.7 Å². The largest absolute Gasteiger partial charge is 0.493 e. The van der Waals surface area contributed by atoms with E-state index in [1.165, 1.54) is 7.11 Å². The Morgan fingerprint density at radius 2 is 2.14 bits per heavy atom. The van der Waals surface area contributed by atoms with Gasteiger partial charge in [0.15, 0.2) is 16.3 Å². The molecule has 0 bridgehead atoms. The fourth-order valence-electron chi connectivity index (χ4n) is 2.78. The number of hydrogen-bond donors (Lipinski definition) is 2. The Kier molecular flexibility index (Phi) is 6.32. The molecule has 29 heavy (non-hydrogen) atoms. The van der Waals surface area contributed by atoms with E-state index in [0.29, 0.717) is 47.2 Å². The molecule has 0 aliphatic carbocycles. The third kappa shape index (κ3) is 4.65. The molecule has 2 heterocycles. The van der Waals surface area contributed by atoms with Crippen LogP contribution in [0.5, 0.6) is 11.5 Å². The summed E-state index contributed by atoms with van der Waals surface area (Å²) in [7, 11) is 3.36. The molecule has 0 radical (unpaired) electrons. The SMILES string of the molecule is COc1cc(C(=O)NCCc2n[nH]c(=S)n2C)ccc1OCc1c(C)noc1C. The molecule has 154 valence electrons. The van der Waals surface area contributed by atoms with Crippen LogP contribution in [-0.2, 0) is 20.1 Å². The number of amides is 1. The monoisotopic (exact) mass is 417 g/mol. The molecule has 10 heteroatoms. The first-order valence-corrected chi connectivity index (χ1v) is 9.42. The van der Waals surface area contributed by atoms with Crippen molar-refractivity contribution in [3.63, 3.8) is 0 Å². The molecule has 2 aromatic heterocycles. The Balaban J connectivity index is 1.62. The number of ether oxygens (including phenoxy) is 2. The first kappa shape index (κ1) is 20.6. The van der Waals surface area contributed by atoms with Gasteiger partial charge in [-0.15, -0.1) is 0 Å². The van der Waals surface area contributed by atoms with Crippen LogP contribution in [0.2, 0.25) is 0 Å². The van der Waals surface area contributed by atoms with Gasteiger partial charge in [-0.25, -0.2) is 0 Å². The number of carbonyl (C=O) groups excluding carboxylic acids is 1. The first-order chi connectivity index (χ1) is 13.9. The van der Waals surface area contributed by atoms with Crippen LogP contribution in [-0.4, -0.2) is 39.5 Å². The molecule has 0 unspecified atom stereocenters. The van der Waals surface area contributed by atoms with Gasteiger partial charge in [0.25, 0.3) is 5.91 Å². The van der Waals surface area contributed by atoms with Gasteiger partial charge in [0.05, 0.1) is 18.4 Å². The van der Waals surface area contributed by atoms with E-state index in [-0.39, 0.29) is 5.91 Å². The fourth-order valence-corrected chi connectivity index (χ4v) is 2.93. The summed E-state index contributed by atoms with van der Waals surface area (Å²) in [5.41, 5.74) is 2.15. The summed E-state index contributed by atoms with van der Waals surface area (Å²) in [4.78, 5) is 12.5. The number of aryl methyl sites for hydroxylation is 2. The van der Waals surface area contributed by atoms with E-state index in [1.54, 1.807) is 22.8 Å². The normalized spacial score (nSPS) is 10.8. The third-order valence-electron chi connectivity index (χ3n) is 4.59. The predicted molar refractivity (Wildman–Crippen MR) is 108 cm³/mol. The molecule has 0 aliphatic heterocycles. The maximum Gasteiger partial charge on any atom is 0.251 e. The molecule has 0 spiro atoms. The van der Waals surface area contributed by atoms with Gasteiger partial charge in [-0.2, -0.15) is 5.10 Å². The zero-order valence-electron chi connectivity index (χ0n) is 16.7. The highest BCUT2D eigenvalue weighted by molar-refractivity contribution is 7.71. The second-order valence-electron chi connectivity index (χ2n) is 6.47. The number of benzene rings is 1. The predicted octanol–water partition coefficient (Wildman–Crippen LogP) is 2.64. The fraction of sp³-hybridized carbons (Fsp3) is 0.368. The summed E-state index contributed by atoms with van der Waals surface area (Å²) >= 11 is 5.08. The van der Waals surface area contributed by atoms with Crippen molar-refractivity contribution in [3.05, 3.63) is 51.4 Å². The standard InChI is InChI=1S/C19H23N5O4S/c1-11-14(12(2)28-23-11)10-27-15-6-5-13(9-16(15)26-4)18(25)20-8-7-17-21-22-19(29)24(17)3/h5-6,9H,7-8,10H2,1-4H3,(H,20,25)(H,22,29). The lowest BCUT2D eigenvalue weighted by atomic mass is 10.2. The van der Waals surface area contributed by atoms with Gasteiger partial charge in [-0.1, -0.05) is 5.16 Å². The van der Waals surface area contributed by atoms with Crippen LogP contribution in [0.3, 0.4) is 0 Å². The zero-order chi connectivity index (χ0) is 21.0. The molecule has 0 atom stereocenters. The van der Waals surface area contributed by atoms with Crippen LogP contribution in [0.4, 0.5) is 0 Å². The highest BCUT2D eigenvalue weighted by Crippen LogP contribution is 2.29. The minimum atomic E-state index is -0.211. The average molecular weight is 417 g/mol. The third-order valence-corrected chi connectivity index (χ3v) is 4.95. The minimum absolute atomic E-state index is 0.211. The molecule has 0 aliphatic rings. The molecule has 1 amide bonds. The molecule has 2 N–H and O–H groups in total. The number of carbonyl (C=O) groups is 1. The molecule has 0 saturated heterocycles. The Hall–Kier alpha value is -3.14. The van der Waals surface area contributed by atoms with Crippen molar-refractivity contribution >= 4 is 18.1 Å². The Bertz CT molecular complexity index is 1050. The van der Waals surface area contributed by atoms with Gasteiger partial charge < -0.3 is 23.9 Å². The van der Waals surface area contributed by atoms with Crippen molar-refractivity contribution in [2.75, 3.05) is 13.7 Å². The Morgan fingerprint density at radius 3 is 2.76 bits per heavy atom. The first-order valence-electron chi connectivity index (χ1n) is 9.01. The molecular formula is C19H23N5O4S. The van der Waals surface area contributed by atoms with Gasteiger partial charge >= 0.3 is 0 Å². The van der Waals surface area contributed by atoms with Gasteiger partial charge in [-0.05, 0) is 44.3 Å². The molecule has 9 nitrogen and oxygen atoms in total. The van der Waals surface area contributed by atoms with Gasteiger partial charge in [0.1, 0.15) is 18.2 Å². The van der Waals surface area contributed by atoms with E-state index in [1.807, 2.05) is 20.9 Å². The highest BCUT2D eigenvalue weighted by Gasteiger charge is 2.14. The van der Waals surface area contributed by atoms with E-state index < -0.39 is 0 Å². The molecule has 0 saturated carbocycles. The van der Waals surface area contributed by atoms with Crippen LogP contribution < -0.4 is 14.8 Å². The number of methoxy groups -OCH3 is 1. The van der Waals surface area contributed by atoms with Crippen LogP contribution >= 0.6 is 12.2 Å². The second-order valence-corrected chi connectivity index (χ2v) is 6.85. The summed E-state index contributed by atoms with van der Waals surface area (Å²) in [5, 5.41) is 13.6. The van der Waals surface area contributed by atoms with Crippen molar-refractivity contribution in [2.45, 2.75) is 26.9 Å². The van der Waals surface area contributed by atoms with Gasteiger partial charge in [-0.3, -0.25) is 9.89 Å². The van der Waals surface area contributed by atoms with Gasteiger partial charge in [0, 0.05) is 25.6 Å². The lowest BCUT2D eigenvalue weighted by Crippen LogP contribution is -2.26. The molecule has 0 fully saturated rings. The van der Waals surface area contributed by atoms with Crippen LogP contribution in [0.1, 0.15) is 33.2 Å². The number of aromatic amines is 1. The van der Waals surface area contributed by atoms with Gasteiger partial charge in [0.2, 0.25) is 0 Å². The quantitative estimate of drug-likeness (QED) is 0.543. The maximum atomic E-state index is 12.5. The lowest BCUT2D eigenvalue weighted by Gasteiger charge is -2.12. The number of nitrogens with zero attached hydrogens (tertiary/aromatic N) is 3. The second kappa shape index (κ2) is 8.91. The van der Waals surface area contributed by atoms with E-state index in [4.69, 9.17) is 26.2 Å². The number of rotatable bonds is 8. The summed E-state index contributed by atoms with van der Waals surface area (Å²) in [6.07, 6.45) is 0.561. The van der Waals surface area contributed by atoms with E-state index in [0.717, 1.165) is 17.1 Å². The molecule has 3 aromatic rings. The van der Waals surface area contributed by atoms with E-state index in [9.17, 15) is 4.79 Å². The van der Waals surface area contributed by atoms with Crippen molar-refractivity contribution in [2.24, 2.45) is 7.05 Å². The van der Waals surface area contributed by atoms with Crippen LogP contribution in [0.25, 0.3) is 0 Å². The zero-order valence-corrected chi connectivity index (χ0v) is 17.6. The number of H-pyrrole nitrogens is 1. The summed E-state index contributed by atoms with van der Waals surface area (Å²) in [6, 6.07) is 5.05. The maximum absolute atomic E-state index is 12.5. The lowest BCUT2D eigenvalue weighted by molar-refractivity contribution is 0.0953. The molecule has 1 aromatic carbocycles. The number of nitrogens with one attached hydrogen (secondary N) is 2. The van der Waals surface area contributed by atoms with E-state index >= 15 is 0 Å². The summed E-state index contributed by atoms with van der Waals surface area (Å²) in [5.74, 6) is 2.28.